The lowest BCUT2D eigenvalue weighted by Crippen LogP contribution is -2.48. The van der Waals surface area contributed by atoms with Crippen LogP contribution >= 0.6 is 11.6 Å². The first-order chi connectivity index (χ1) is 19.4. The molecule has 0 saturated carbocycles. The van der Waals surface area contributed by atoms with E-state index < -0.39 is 24.5 Å². The quantitative estimate of drug-likeness (QED) is 0.306. The van der Waals surface area contributed by atoms with Gasteiger partial charge in [0.25, 0.3) is 5.91 Å². The summed E-state index contributed by atoms with van der Waals surface area (Å²) >= 11 is 5.93. The third-order valence-corrected chi connectivity index (χ3v) is 6.81. The number of nitrogens with zero attached hydrogens (tertiary/aromatic N) is 6. The number of amides is 1. The summed E-state index contributed by atoms with van der Waals surface area (Å²) < 4.78 is 47.6. The number of aromatic nitrogens is 6. The van der Waals surface area contributed by atoms with E-state index in [0.717, 1.165) is 9.25 Å². The highest BCUT2D eigenvalue weighted by Gasteiger charge is 2.39. The normalized spacial score (nSPS) is 15.4. The van der Waals surface area contributed by atoms with E-state index in [2.05, 4.69) is 20.5 Å². The van der Waals surface area contributed by atoms with Gasteiger partial charge >= 0.3 is 11.9 Å². The Bertz CT molecular complexity index is 1610. The lowest BCUT2D eigenvalue weighted by atomic mass is 9.88. The number of aliphatic hydroxyl groups excluding tert-OH is 1. The molecule has 1 saturated heterocycles. The fourth-order valence-corrected chi connectivity index (χ4v) is 4.35. The molecule has 5 rings (SSSR count). The van der Waals surface area contributed by atoms with Crippen molar-refractivity contribution < 1.29 is 27.8 Å². The lowest BCUT2D eigenvalue weighted by Gasteiger charge is -2.38. The van der Waals surface area contributed by atoms with Gasteiger partial charge in [-0.15, -0.1) is 10.2 Å². The number of alkyl halides is 3. The third kappa shape index (κ3) is 6.19. The average Bonchev–Trinajstić information content (AvgIpc) is 3.51. The third-order valence-electron chi connectivity index (χ3n) is 6.56. The number of para-hydroxylation sites is 1. The molecule has 1 atom stereocenters. The van der Waals surface area contributed by atoms with Gasteiger partial charge in [-0.1, -0.05) is 30.7 Å². The van der Waals surface area contributed by atoms with E-state index in [1.165, 1.54) is 35.3 Å². The SMILES string of the molecule is CC1(CNC(=O)c2ccccc2-n2cnc(Cn3nc(-c4ccc(Cl)cc4)n(C[C@H](O)C(F)(F)F)c3=O)n2)COC1. The van der Waals surface area contributed by atoms with Crippen molar-refractivity contribution in [3.05, 3.63) is 81.8 Å². The van der Waals surface area contributed by atoms with Gasteiger partial charge in [0.1, 0.15) is 12.9 Å². The summed E-state index contributed by atoms with van der Waals surface area (Å²) in [7, 11) is 0. The van der Waals surface area contributed by atoms with Gasteiger partial charge in [0.05, 0.1) is 31.0 Å². The van der Waals surface area contributed by atoms with Gasteiger partial charge in [-0.3, -0.25) is 9.36 Å². The molecule has 1 amide bonds. The minimum absolute atomic E-state index is 0.0954. The number of carbonyl (C=O) groups excluding carboxylic acids is 1. The Morgan fingerprint density at radius 2 is 1.88 bits per heavy atom. The number of hydrogen-bond acceptors (Lipinski definition) is 7. The van der Waals surface area contributed by atoms with Crippen molar-refractivity contribution >= 4 is 17.5 Å². The molecule has 41 heavy (non-hydrogen) atoms. The zero-order valence-electron chi connectivity index (χ0n) is 21.7. The Hall–Kier alpha value is -4.01. The van der Waals surface area contributed by atoms with Crippen LogP contribution in [-0.4, -0.2) is 72.2 Å². The van der Waals surface area contributed by atoms with Gasteiger partial charge in [0.2, 0.25) is 0 Å². The van der Waals surface area contributed by atoms with Crippen LogP contribution in [0.1, 0.15) is 23.1 Å². The second kappa shape index (κ2) is 11.1. The van der Waals surface area contributed by atoms with Crippen molar-refractivity contribution in [2.75, 3.05) is 19.8 Å². The Kier molecular flexibility index (Phi) is 7.72. The number of hydrogen-bond donors (Lipinski definition) is 2. The largest absolute Gasteiger partial charge is 0.416 e. The Balaban J connectivity index is 1.41. The summed E-state index contributed by atoms with van der Waals surface area (Å²) in [5, 5.41) is 21.5. The van der Waals surface area contributed by atoms with Crippen LogP contribution < -0.4 is 11.0 Å². The molecular weight excluding hydrogens is 567 g/mol. The first-order valence-corrected chi connectivity index (χ1v) is 12.9. The summed E-state index contributed by atoms with van der Waals surface area (Å²) in [5.41, 5.74) is 0.0818. The number of rotatable bonds is 9. The van der Waals surface area contributed by atoms with Crippen LogP contribution in [0.3, 0.4) is 0 Å². The van der Waals surface area contributed by atoms with Gasteiger partial charge in [-0.25, -0.2) is 19.1 Å². The van der Waals surface area contributed by atoms with Crippen molar-refractivity contribution in [3.8, 4) is 17.1 Å². The van der Waals surface area contributed by atoms with E-state index >= 15 is 0 Å². The first kappa shape index (κ1) is 28.5. The molecule has 0 aliphatic carbocycles. The average molecular weight is 592 g/mol. The second-order valence-electron chi connectivity index (χ2n) is 10.0. The molecule has 11 nitrogen and oxygen atoms in total. The number of nitrogens with one attached hydrogen (secondary N) is 1. The molecule has 1 aliphatic rings. The Morgan fingerprint density at radius 1 is 1.17 bits per heavy atom. The summed E-state index contributed by atoms with van der Waals surface area (Å²) in [6.45, 7) is 2.23. The van der Waals surface area contributed by atoms with E-state index in [-0.39, 0.29) is 29.5 Å². The van der Waals surface area contributed by atoms with Crippen molar-refractivity contribution in [2.45, 2.75) is 32.3 Å². The Morgan fingerprint density at radius 3 is 2.54 bits per heavy atom. The van der Waals surface area contributed by atoms with Crippen LogP contribution in [0, 0.1) is 5.41 Å². The molecule has 2 aromatic carbocycles. The van der Waals surface area contributed by atoms with Crippen molar-refractivity contribution in [3.63, 3.8) is 0 Å². The van der Waals surface area contributed by atoms with Crippen LogP contribution in [0.25, 0.3) is 17.1 Å². The van der Waals surface area contributed by atoms with E-state index in [0.29, 0.717) is 41.6 Å². The summed E-state index contributed by atoms with van der Waals surface area (Å²) in [4.78, 5) is 30.3. The molecule has 15 heteroatoms. The minimum Gasteiger partial charge on any atom is -0.382 e. The smallest absolute Gasteiger partial charge is 0.382 e. The highest BCUT2D eigenvalue weighted by molar-refractivity contribution is 6.30. The predicted molar refractivity (Wildman–Crippen MR) is 141 cm³/mol. The predicted octanol–water partition coefficient (Wildman–Crippen LogP) is 2.68. The summed E-state index contributed by atoms with van der Waals surface area (Å²) in [5.74, 6) is -0.288. The van der Waals surface area contributed by atoms with Gasteiger partial charge < -0.3 is 15.2 Å². The molecule has 1 aliphatic heterocycles. The van der Waals surface area contributed by atoms with Gasteiger partial charge in [-0.2, -0.15) is 13.2 Å². The second-order valence-corrected chi connectivity index (χ2v) is 10.5. The van der Waals surface area contributed by atoms with E-state index in [1.54, 1.807) is 24.3 Å². The lowest BCUT2D eigenvalue weighted by molar-refractivity contribution is -0.207. The minimum atomic E-state index is -4.94. The molecule has 2 aromatic heterocycles. The van der Waals surface area contributed by atoms with Crippen LogP contribution in [0.2, 0.25) is 5.02 Å². The number of ether oxygens (including phenoxy) is 1. The highest BCUT2D eigenvalue weighted by Crippen LogP contribution is 2.26. The van der Waals surface area contributed by atoms with Crippen LogP contribution in [0.5, 0.6) is 0 Å². The number of carbonyl (C=O) groups is 1. The standard InChI is InChI=1S/C26H25ClF3N7O4/c1-25(13-41-14-25)12-31-23(39)18-4-2-3-5-19(18)37-15-32-21(33-37)11-36-24(40)35(10-20(38)26(28,29)30)22(34-36)16-6-8-17(27)9-7-16/h2-9,15,20,38H,10-14H2,1H3,(H,31,39)/t20-/m0/s1. The van der Waals surface area contributed by atoms with Crippen molar-refractivity contribution in [1.82, 2.24) is 34.4 Å². The zero-order valence-corrected chi connectivity index (χ0v) is 22.4. The van der Waals surface area contributed by atoms with Gasteiger partial charge in [0, 0.05) is 22.5 Å². The maximum atomic E-state index is 13.1. The molecule has 0 unspecified atom stereocenters. The van der Waals surface area contributed by atoms with E-state index in [1.807, 2.05) is 6.92 Å². The fourth-order valence-electron chi connectivity index (χ4n) is 4.22. The Labute approximate surface area is 236 Å². The summed E-state index contributed by atoms with van der Waals surface area (Å²) in [6, 6.07) is 12.8. The molecular formula is C26H25ClF3N7O4. The molecule has 0 spiro atoms. The van der Waals surface area contributed by atoms with Crippen LogP contribution in [0.15, 0.2) is 59.7 Å². The van der Waals surface area contributed by atoms with E-state index in [9.17, 15) is 27.9 Å². The van der Waals surface area contributed by atoms with Gasteiger partial charge in [0.15, 0.2) is 17.8 Å². The molecule has 4 aromatic rings. The molecule has 0 bridgehead atoms. The van der Waals surface area contributed by atoms with E-state index in [4.69, 9.17) is 16.3 Å². The zero-order chi connectivity index (χ0) is 29.4. The molecule has 3 heterocycles. The van der Waals surface area contributed by atoms with Crippen molar-refractivity contribution in [1.29, 1.82) is 0 Å². The monoisotopic (exact) mass is 591 g/mol. The van der Waals surface area contributed by atoms with Crippen molar-refractivity contribution in [2.24, 2.45) is 5.41 Å². The highest BCUT2D eigenvalue weighted by atomic mass is 35.5. The fraction of sp³-hybridized carbons (Fsp3) is 0.346. The molecule has 2 N–H and O–H groups in total. The van der Waals surface area contributed by atoms with Gasteiger partial charge in [-0.05, 0) is 36.4 Å². The van der Waals surface area contributed by atoms with Crippen LogP contribution in [0.4, 0.5) is 13.2 Å². The molecule has 216 valence electrons. The maximum Gasteiger partial charge on any atom is 0.416 e. The molecule has 1 fully saturated rings. The maximum absolute atomic E-state index is 13.1. The molecule has 0 radical (unpaired) electrons. The number of aliphatic hydroxyl groups is 1. The first-order valence-electron chi connectivity index (χ1n) is 12.5. The number of benzene rings is 2. The number of halogens is 4. The van der Waals surface area contributed by atoms with Crippen LogP contribution in [-0.2, 0) is 17.8 Å². The topological polar surface area (TPSA) is 129 Å². The summed E-state index contributed by atoms with van der Waals surface area (Å²) in [6.07, 6.45) is -6.37.